The normalized spacial score (nSPS) is 26.1. The second-order valence-electron chi connectivity index (χ2n) is 4.58. The molecule has 3 N–H and O–H groups in total. The number of aliphatic hydroxyl groups excluding tert-OH is 1. The summed E-state index contributed by atoms with van der Waals surface area (Å²) in [6.45, 7) is 4.33. The number of nitrogens with zero attached hydrogens (tertiary/aromatic N) is 2. The van der Waals surface area contributed by atoms with Gasteiger partial charge in [-0.25, -0.2) is 4.98 Å². The third-order valence-corrected chi connectivity index (χ3v) is 3.42. The second-order valence-corrected chi connectivity index (χ2v) is 4.58. The van der Waals surface area contributed by atoms with Gasteiger partial charge in [0.15, 0.2) is 0 Å². The molecule has 2 rings (SSSR count). The number of rotatable bonds is 3. The van der Waals surface area contributed by atoms with Crippen molar-refractivity contribution >= 4 is 5.82 Å². The van der Waals surface area contributed by atoms with Crippen LogP contribution in [0.4, 0.5) is 5.82 Å². The first-order chi connectivity index (χ1) is 7.70. The van der Waals surface area contributed by atoms with E-state index in [1.165, 1.54) is 5.56 Å². The molecule has 0 aromatic carbocycles. The lowest BCUT2D eigenvalue weighted by atomic mass is 10.0. The molecule has 0 amide bonds. The van der Waals surface area contributed by atoms with E-state index in [0.29, 0.717) is 11.7 Å². The first-order valence-electron chi connectivity index (χ1n) is 5.76. The van der Waals surface area contributed by atoms with Gasteiger partial charge in [-0.05, 0) is 36.6 Å². The molecule has 16 heavy (non-hydrogen) atoms. The highest BCUT2D eigenvalue weighted by atomic mass is 16.3. The highest BCUT2D eigenvalue weighted by Crippen LogP contribution is 2.25. The average Bonchev–Trinajstić information content (AvgIpc) is 2.59. The predicted octanol–water partition coefficient (Wildman–Crippen LogP) is 0.867. The van der Waals surface area contributed by atoms with Crippen molar-refractivity contribution in [3.05, 3.63) is 23.9 Å². The number of nitrogens with two attached hydrogens (primary N) is 1. The van der Waals surface area contributed by atoms with Crippen LogP contribution in [0.25, 0.3) is 0 Å². The molecule has 1 aliphatic rings. The largest absolute Gasteiger partial charge is 0.395 e. The first-order valence-corrected chi connectivity index (χ1v) is 5.76. The minimum Gasteiger partial charge on any atom is -0.395 e. The monoisotopic (exact) mass is 221 g/mol. The Morgan fingerprint density at radius 2 is 2.44 bits per heavy atom. The van der Waals surface area contributed by atoms with E-state index in [1.807, 2.05) is 12.1 Å². The molecule has 1 saturated heterocycles. The van der Waals surface area contributed by atoms with E-state index >= 15 is 0 Å². The van der Waals surface area contributed by atoms with Crippen LogP contribution in [0, 0.1) is 5.92 Å². The summed E-state index contributed by atoms with van der Waals surface area (Å²) < 4.78 is 0. The van der Waals surface area contributed by atoms with Gasteiger partial charge in [0, 0.05) is 18.8 Å². The summed E-state index contributed by atoms with van der Waals surface area (Å²) in [6.07, 6.45) is 2.89. The number of aliphatic hydroxyl groups is 1. The molecule has 0 bridgehead atoms. The maximum atomic E-state index is 9.36. The van der Waals surface area contributed by atoms with Crippen LogP contribution in [0.5, 0.6) is 0 Å². The van der Waals surface area contributed by atoms with Gasteiger partial charge in [-0.2, -0.15) is 0 Å². The van der Waals surface area contributed by atoms with Crippen LogP contribution in [0.3, 0.4) is 0 Å². The standard InChI is InChI=1S/C12H19N3O/c1-9-3-5-15(11(9)8-16)7-10-2-4-14-12(13)6-10/h2,4,6,9,11,16H,3,5,7-8H2,1H3,(H2,13,14). The van der Waals surface area contributed by atoms with E-state index in [0.717, 1.165) is 19.5 Å². The van der Waals surface area contributed by atoms with Crippen molar-refractivity contribution in [2.24, 2.45) is 5.92 Å². The predicted molar refractivity (Wildman–Crippen MR) is 63.7 cm³/mol. The van der Waals surface area contributed by atoms with Gasteiger partial charge < -0.3 is 10.8 Å². The van der Waals surface area contributed by atoms with Crippen LogP contribution < -0.4 is 5.73 Å². The number of hydrogen-bond donors (Lipinski definition) is 2. The molecule has 2 unspecified atom stereocenters. The van der Waals surface area contributed by atoms with Crippen LogP contribution in [-0.2, 0) is 6.54 Å². The van der Waals surface area contributed by atoms with Crippen LogP contribution in [0.15, 0.2) is 18.3 Å². The van der Waals surface area contributed by atoms with Crippen molar-refractivity contribution in [3.8, 4) is 0 Å². The number of aromatic nitrogens is 1. The quantitative estimate of drug-likeness (QED) is 0.795. The van der Waals surface area contributed by atoms with Gasteiger partial charge in [0.05, 0.1) is 6.61 Å². The molecule has 2 atom stereocenters. The van der Waals surface area contributed by atoms with E-state index in [-0.39, 0.29) is 12.6 Å². The smallest absolute Gasteiger partial charge is 0.123 e. The molecule has 1 aromatic rings. The van der Waals surface area contributed by atoms with Gasteiger partial charge >= 0.3 is 0 Å². The van der Waals surface area contributed by atoms with Gasteiger partial charge in [-0.3, -0.25) is 4.90 Å². The van der Waals surface area contributed by atoms with Gasteiger partial charge in [-0.1, -0.05) is 6.92 Å². The Kier molecular flexibility index (Phi) is 3.41. The molecule has 1 fully saturated rings. The van der Waals surface area contributed by atoms with Crippen molar-refractivity contribution in [1.29, 1.82) is 0 Å². The van der Waals surface area contributed by atoms with Gasteiger partial charge in [0.2, 0.25) is 0 Å². The lowest BCUT2D eigenvalue weighted by Gasteiger charge is -2.24. The fraction of sp³-hybridized carbons (Fsp3) is 0.583. The Morgan fingerprint density at radius 1 is 1.62 bits per heavy atom. The molecule has 0 spiro atoms. The molecule has 4 heteroatoms. The fourth-order valence-corrected chi connectivity index (χ4v) is 2.41. The molecule has 4 nitrogen and oxygen atoms in total. The Balaban J connectivity index is 2.04. The van der Waals surface area contributed by atoms with Crippen LogP contribution >= 0.6 is 0 Å². The molecule has 0 saturated carbocycles. The molecule has 0 radical (unpaired) electrons. The molecule has 88 valence electrons. The van der Waals surface area contributed by atoms with E-state index in [9.17, 15) is 5.11 Å². The molecule has 0 aliphatic carbocycles. The fourth-order valence-electron chi connectivity index (χ4n) is 2.41. The van der Waals surface area contributed by atoms with Crippen molar-refractivity contribution in [1.82, 2.24) is 9.88 Å². The molecular formula is C12H19N3O. The topological polar surface area (TPSA) is 62.4 Å². The van der Waals surface area contributed by atoms with Crippen molar-refractivity contribution in [2.75, 3.05) is 18.9 Å². The maximum absolute atomic E-state index is 9.36. The molecule has 1 aliphatic heterocycles. The highest BCUT2D eigenvalue weighted by molar-refractivity contribution is 5.31. The number of likely N-dealkylation sites (tertiary alicyclic amines) is 1. The highest BCUT2D eigenvalue weighted by Gasteiger charge is 2.30. The molecular weight excluding hydrogens is 202 g/mol. The number of pyridine rings is 1. The van der Waals surface area contributed by atoms with E-state index in [1.54, 1.807) is 6.20 Å². The van der Waals surface area contributed by atoms with Crippen LogP contribution in [0.1, 0.15) is 18.9 Å². The Bertz CT molecular complexity index is 356. The van der Waals surface area contributed by atoms with E-state index in [2.05, 4.69) is 16.8 Å². The van der Waals surface area contributed by atoms with Crippen LogP contribution in [0.2, 0.25) is 0 Å². The summed E-state index contributed by atoms with van der Waals surface area (Å²) in [5, 5.41) is 9.36. The first kappa shape index (κ1) is 11.4. The third kappa shape index (κ3) is 2.33. The van der Waals surface area contributed by atoms with Gasteiger partial charge in [0.25, 0.3) is 0 Å². The SMILES string of the molecule is CC1CCN(Cc2ccnc(N)c2)C1CO. The summed E-state index contributed by atoms with van der Waals surface area (Å²) in [4.78, 5) is 6.30. The number of hydrogen-bond acceptors (Lipinski definition) is 4. The minimum atomic E-state index is 0.238. The zero-order valence-electron chi connectivity index (χ0n) is 9.63. The molecule has 1 aromatic heterocycles. The lowest BCUT2D eigenvalue weighted by molar-refractivity contribution is 0.134. The summed E-state index contributed by atoms with van der Waals surface area (Å²) >= 11 is 0. The number of nitrogen functional groups attached to an aromatic ring is 1. The van der Waals surface area contributed by atoms with E-state index < -0.39 is 0 Å². The average molecular weight is 221 g/mol. The Labute approximate surface area is 96.1 Å². The summed E-state index contributed by atoms with van der Waals surface area (Å²) in [7, 11) is 0. The number of anilines is 1. The summed E-state index contributed by atoms with van der Waals surface area (Å²) in [6, 6.07) is 4.17. The lowest BCUT2D eigenvalue weighted by Crippen LogP contribution is -2.34. The zero-order chi connectivity index (χ0) is 11.5. The van der Waals surface area contributed by atoms with Crippen molar-refractivity contribution in [2.45, 2.75) is 25.9 Å². The van der Waals surface area contributed by atoms with Crippen LogP contribution in [-0.4, -0.2) is 34.2 Å². The zero-order valence-corrected chi connectivity index (χ0v) is 9.63. The third-order valence-electron chi connectivity index (χ3n) is 3.42. The van der Waals surface area contributed by atoms with Crippen molar-refractivity contribution in [3.63, 3.8) is 0 Å². The molecule has 2 heterocycles. The summed E-state index contributed by atoms with van der Waals surface area (Å²) in [5.41, 5.74) is 6.82. The Morgan fingerprint density at radius 3 is 3.12 bits per heavy atom. The van der Waals surface area contributed by atoms with Gasteiger partial charge in [-0.15, -0.1) is 0 Å². The Hall–Kier alpha value is -1.13. The summed E-state index contributed by atoms with van der Waals surface area (Å²) in [5.74, 6) is 1.13. The van der Waals surface area contributed by atoms with Crippen molar-refractivity contribution < 1.29 is 5.11 Å². The minimum absolute atomic E-state index is 0.238. The maximum Gasteiger partial charge on any atom is 0.123 e. The second kappa shape index (κ2) is 4.80. The van der Waals surface area contributed by atoms with E-state index in [4.69, 9.17) is 5.73 Å². The van der Waals surface area contributed by atoms with Gasteiger partial charge in [0.1, 0.15) is 5.82 Å².